The third-order valence-electron chi connectivity index (χ3n) is 8.67. The fraction of sp³-hybridized carbons (Fsp3) is 0.0233. The van der Waals surface area contributed by atoms with Crippen LogP contribution in [0.5, 0.6) is 0 Å². The average Bonchev–Trinajstić information content (AvgIpc) is 3.15. The molecular weight excluding hydrogens is 575 g/mol. The second kappa shape index (κ2) is 13.5. The van der Waals surface area contributed by atoms with Gasteiger partial charge in [0.05, 0.1) is 0 Å². The van der Waals surface area contributed by atoms with Crippen LogP contribution in [0.15, 0.2) is 188 Å². The Bertz CT molecular complexity index is 1960. The molecule has 0 spiro atoms. The minimum absolute atomic E-state index is 0.768. The summed E-state index contributed by atoms with van der Waals surface area (Å²) in [5, 5.41) is 21.2. The predicted octanol–water partition coefficient (Wildman–Crippen LogP) is 9.63. The van der Waals surface area contributed by atoms with Gasteiger partial charge in [-0.05, 0) is 67.3 Å². The monoisotopic (exact) mass is 608 g/mol. The fourth-order valence-corrected chi connectivity index (χ4v) is 6.41. The summed E-state index contributed by atoms with van der Waals surface area (Å²) in [6, 6.07) is 63.5. The molecule has 0 saturated carbocycles. The smallest absolute Gasteiger partial charge is 0.402 e. The summed E-state index contributed by atoms with van der Waals surface area (Å²) < 4.78 is 6.33. The van der Waals surface area contributed by atoms with E-state index in [2.05, 4.69) is 84.9 Å². The Morgan fingerprint density at radius 1 is 0.340 bits per heavy atom. The minimum atomic E-state index is -2.05. The lowest BCUT2D eigenvalue weighted by Gasteiger charge is -2.37. The highest BCUT2D eigenvalue weighted by molar-refractivity contribution is 6.33. The van der Waals surface area contributed by atoms with E-state index in [-0.39, 0.29) is 0 Å². The molecule has 3 nitrogen and oxygen atoms in total. The van der Waals surface area contributed by atoms with Crippen LogP contribution in [0, 0.1) is 0 Å². The third-order valence-corrected chi connectivity index (χ3v) is 8.67. The molecule has 0 heterocycles. The summed E-state index contributed by atoms with van der Waals surface area (Å²) in [6.45, 7) is 0. The lowest BCUT2D eigenvalue weighted by atomic mass is 9.76. The SMILES string of the molecule is OB(O)OC(c1ccc(-c2ccccc2)cc1)(c1ccc(-c2ccccc2)cc1)c1ccc(-c2ccccc2)c(-c2ccccc2)c1. The highest BCUT2D eigenvalue weighted by atomic mass is 16.6. The minimum Gasteiger partial charge on any atom is -0.402 e. The molecule has 0 aliphatic rings. The second-order valence-corrected chi connectivity index (χ2v) is 11.5. The molecule has 7 aromatic rings. The van der Waals surface area contributed by atoms with Crippen molar-refractivity contribution in [1.82, 2.24) is 0 Å². The van der Waals surface area contributed by atoms with Crippen LogP contribution in [0.2, 0.25) is 0 Å². The molecule has 7 aromatic carbocycles. The molecule has 0 aliphatic carbocycles. The van der Waals surface area contributed by atoms with Gasteiger partial charge in [0.25, 0.3) is 0 Å². The van der Waals surface area contributed by atoms with Crippen LogP contribution in [-0.2, 0) is 10.3 Å². The molecule has 0 saturated heterocycles. The first-order valence-electron chi connectivity index (χ1n) is 15.7. The topological polar surface area (TPSA) is 49.7 Å². The van der Waals surface area contributed by atoms with Crippen LogP contribution in [-0.4, -0.2) is 17.4 Å². The maximum absolute atomic E-state index is 10.6. The van der Waals surface area contributed by atoms with Gasteiger partial charge < -0.3 is 14.7 Å². The third kappa shape index (κ3) is 6.18. The van der Waals surface area contributed by atoms with Gasteiger partial charge in [-0.2, -0.15) is 0 Å². The van der Waals surface area contributed by atoms with Crippen molar-refractivity contribution in [1.29, 1.82) is 0 Å². The number of benzene rings is 7. The van der Waals surface area contributed by atoms with E-state index < -0.39 is 12.9 Å². The molecule has 0 amide bonds. The van der Waals surface area contributed by atoms with Crippen LogP contribution in [0.25, 0.3) is 44.5 Å². The molecule has 0 bridgehead atoms. The highest BCUT2D eigenvalue weighted by Gasteiger charge is 2.41. The zero-order valence-electron chi connectivity index (χ0n) is 25.8. The Balaban J connectivity index is 1.47. The van der Waals surface area contributed by atoms with E-state index in [9.17, 15) is 10.0 Å². The molecule has 7 rings (SSSR count). The van der Waals surface area contributed by atoms with E-state index in [1.54, 1.807) is 0 Å². The summed E-state index contributed by atoms with van der Waals surface area (Å²) in [6.07, 6.45) is 0. The van der Waals surface area contributed by atoms with Crippen LogP contribution in [0.3, 0.4) is 0 Å². The number of rotatable bonds is 9. The summed E-state index contributed by atoms with van der Waals surface area (Å²) in [5.74, 6) is 0. The summed E-state index contributed by atoms with van der Waals surface area (Å²) in [5.41, 5.74) is 9.45. The van der Waals surface area contributed by atoms with Gasteiger partial charge >= 0.3 is 7.32 Å². The number of hydrogen-bond acceptors (Lipinski definition) is 3. The zero-order valence-corrected chi connectivity index (χ0v) is 25.8. The van der Waals surface area contributed by atoms with Crippen LogP contribution in [0.4, 0.5) is 0 Å². The van der Waals surface area contributed by atoms with Crippen molar-refractivity contribution < 1.29 is 14.7 Å². The van der Waals surface area contributed by atoms with E-state index in [1.807, 2.05) is 103 Å². The van der Waals surface area contributed by atoms with E-state index >= 15 is 0 Å². The maximum Gasteiger partial charge on any atom is 0.635 e. The Morgan fingerprint density at radius 2 is 0.681 bits per heavy atom. The molecule has 0 aromatic heterocycles. The summed E-state index contributed by atoms with van der Waals surface area (Å²) >= 11 is 0. The second-order valence-electron chi connectivity index (χ2n) is 11.5. The van der Waals surface area contributed by atoms with Gasteiger partial charge in [-0.15, -0.1) is 0 Å². The summed E-state index contributed by atoms with van der Waals surface area (Å²) in [7, 11) is -2.05. The van der Waals surface area contributed by atoms with Crippen molar-refractivity contribution in [2.24, 2.45) is 0 Å². The quantitative estimate of drug-likeness (QED) is 0.127. The molecule has 226 valence electrons. The standard InChI is InChI=1S/C43H33BO3/c45-44(46)47-43(38-25-21-34(22-26-38)32-13-5-1-6-14-32,39-27-23-35(24-28-39)33-15-7-2-8-16-33)40-29-30-41(36-17-9-3-10-18-36)42(31-40)37-19-11-4-12-20-37/h1-31,45-46H. The molecule has 2 N–H and O–H groups in total. The zero-order chi connectivity index (χ0) is 32.1. The lowest BCUT2D eigenvalue weighted by Crippen LogP contribution is -2.39. The molecule has 0 radical (unpaired) electrons. The lowest BCUT2D eigenvalue weighted by molar-refractivity contribution is 0.0816. The molecular formula is C43H33BO3. The van der Waals surface area contributed by atoms with Crippen molar-refractivity contribution in [3.8, 4) is 44.5 Å². The van der Waals surface area contributed by atoms with Gasteiger partial charge in [0.15, 0.2) is 0 Å². The number of hydrogen-bond donors (Lipinski definition) is 2. The first-order valence-corrected chi connectivity index (χ1v) is 15.7. The van der Waals surface area contributed by atoms with Crippen molar-refractivity contribution in [2.45, 2.75) is 5.60 Å². The van der Waals surface area contributed by atoms with E-state index in [0.29, 0.717) is 0 Å². The van der Waals surface area contributed by atoms with Gasteiger partial charge in [-0.25, -0.2) is 0 Å². The normalized spacial score (nSPS) is 11.3. The highest BCUT2D eigenvalue weighted by Crippen LogP contribution is 2.45. The van der Waals surface area contributed by atoms with Gasteiger partial charge in [0, 0.05) is 0 Å². The van der Waals surface area contributed by atoms with E-state index in [0.717, 1.165) is 61.2 Å². The molecule has 0 fully saturated rings. The van der Waals surface area contributed by atoms with Crippen LogP contribution < -0.4 is 0 Å². The summed E-state index contributed by atoms with van der Waals surface area (Å²) in [4.78, 5) is 0. The Morgan fingerprint density at radius 3 is 1.09 bits per heavy atom. The molecule has 0 unspecified atom stereocenters. The van der Waals surface area contributed by atoms with Gasteiger partial charge in [0.2, 0.25) is 0 Å². The van der Waals surface area contributed by atoms with Crippen LogP contribution in [0.1, 0.15) is 16.7 Å². The van der Waals surface area contributed by atoms with Gasteiger partial charge in [0.1, 0.15) is 5.60 Å². The molecule has 0 aliphatic heterocycles. The average molecular weight is 609 g/mol. The molecule has 47 heavy (non-hydrogen) atoms. The Labute approximate surface area is 276 Å². The Kier molecular flexibility index (Phi) is 8.63. The van der Waals surface area contributed by atoms with Crippen molar-refractivity contribution in [2.75, 3.05) is 0 Å². The fourth-order valence-electron chi connectivity index (χ4n) is 6.41. The van der Waals surface area contributed by atoms with Gasteiger partial charge in [-0.3, -0.25) is 0 Å². The molecule has 0 atom stereocenters. The molecule has 4 heteroatoms. The maximum atomic E-state index is 10.6. The van der Waals surface area contributed by atoms with Gasteiger partial charge in [-0.1, -0.05) is 182 Å². The van der Waals surface area contributed by atoms with E-state index in [4.69, 9.17) is 4.65 Å². The largest absolute Gasteiger partial charge is 0.635 e. The first-order chi connectivity index (χ1) is 23.1. The van der Waals surface area contributed by atoms with Crippen molar-refractivity contribution in [3.63, 3.8) is 0 Å². The first kappa shape index (κ1) is 30.2. The van der Waals surface area contributed by atoms with Crippen molar-refractivity contribution >= 4 is 7.32 Å². The predicted molar refractivity (Wildman–Crippen MR) is 192 cm³/mol. The Hall–Kier alpha value is -5.52. The van der Waals surface area contributed by atoms with Crippen LogP contribution >= 0.6 is 0 Å². The van der Waals surface area contributed by atoms with E-state index in [1.165, 1.54) is 0 Å². The van der Waals surface area contributed by atoms with Crippen molar-refractivity contribution in [3.05, 3.63) is 205 Å².